The van der Waals surface area contributed by atoms with Gasteiger partial charge in [-0.2, -0.15) is 5.26 Å². The second-order valence-corrected chi connectivity index (χ2v) is 5.19. The molecule has 0 radical (unpaired) electrons. The third-order valence-corrected chi connectivity index (χ3v) is 3.70. The van der Waals surface area contributed by atoms with Gasteiger partial charge in [0.25, 0.3) is 0 Å². The van der Waals surface area contributed by atoms with Crippen LogP contribution in [0, 0.1) is 17.1 Å². The molecule has 2 rings (SSSR count). The Labute approximate surface area is 137 Å². The number of anilines is 1. The molecule has 0 aliphatic rings. The van der Waals surface area contributed by atoms with Crippen molar-refractivity contribution in [3.63, 3.8) is 0 Å². The highest BCUT2D eigenvalue weighted by Crippen LogP contribution is 2.30. The fourth-order valence-electron chi connectivity index (χ4n) is 2.05. The molecular weight excluding hydrogens is 373 g/mol. The number of nitrogens with zero attached hydrogens (tertiary/aromatic N) is 2. The summed E-state index contributed by atoms with van der Waals surface area (Å²) in [5, 5.41) is 18.3. The van der Waals surface area contributed by atoms with E-state index >= 15 is 0 Å². The normalized spacial score (nSPS) is 10.2. The topological polar surface area (TPSA) is 118 Å². The smallest absolute Gasteiger partial charge is 0.357 e. The van der Waals surface area contributed by atoms with Gasteiger partial charge >= 0.3 is 11.9 Å². The molecule has 9 heteroatoms. The molecular formula is C14H9BrFN3O4. The average molecular weight is 382 g/mol. The van der Waals surface area contributed by atoms with Crippen molar-refractivity contribution in [2.24, 2.45) is 0 Å². The van der Waals surface area contributed by atoms with Crippen molar-refractivity contribution in [2.75, 3.05) is 12.8 Å². The van der Waals surface area contributed by atoms with Gasteiger partial charge in [-0.15, -0.1) is 0 Å². The molecule has 1 aromatic heterocycles. The quantitative estimate of drug-likeness (QED) is 0.787. The van der Waals surface area contributed by atoms with E-state index in [-0.39, 0.29) is 27.1 Å². The molecule has 2 aromatic rings. The highest BCUT2D eigenvalue weighted by molar-refractivity contribution is 9.10. The fraction of sp³-hybridized carbons (Fsp3) is 0.0714. The zero-order chi connectivity index (χ0) is 17.3. The van der Waals surface area contributed by atoms with Gasteiger partial charge in [-0.3, -0.25) is 0 Å². The molecule has 0 aliphatic carbocycles. The molecule has 0 bridgehead atoms. The number of carbonyl (C=O) groups excluding carboxylic acids is 1. The molecule has 1 heterocycles. The van der Waals surface area contributed by atoms with Gasteiger partial charge in [0, 0.05) is 6.20 Å². The lowest BCUT2D eigenvalue weighted by Crippen LogP contribution is -2.15. The summed E-state index contributed by atoms with van der Waals surface area (Å²) in [4.78, 5) is 23.3. The number of hydrogen-bond donors (Lipinski definition) is 2. The van der Waals surface area contributed by atoms with Crippen molar-refractivity contribution in [1.29, 1.82) is 5.26 Å². The van der Waals surface area contributed by atoms with E-state index in [1.807, 2.05) is 0 Å². The summed E-state index contributed by atoms with van der Waals surface area (Å²) < 4.78 is 19.7. The second-order valence-electron chi connectivity index (χ2n) is 4.34. The molecule has 0 saturated carbocycles. The molecule has 1 aromatic carbocycles. The molecule has 0 spiro atoms. The summed E-state index contributed by atoms with van der Waals surface area (Å²) in [6, 6.07) is 4.33. The number of methoxy groups -OCH3 is 1. The van der Waals surface area contributed by atoms with Crippen molar-refractivity contribution >= 4 is 33.6 Å². The molecule has 0 atom stereocenters. The van der Waals surface area contributed by atoms with E-state index in [1.165, 1.54) is 12.1 Å². The monoisotopic (exact) mass is 381 g/mol. The Hall–Kier alpha value is -2.86. The first-order chi connectivity index (χ1) is 10.8. The van der Waals surface area contributed by atoms with E-state index in [2.05, 4.69) is 20.7 Å². The number of benzene rings is 1. The Balaban J connectivity index is 2.88. The van der Waals surface area contributed by atoms with E-state index in [0.29, 0.717) is 0 Å². The Morgan fingerprint density at radius 3 is 2.65 bits per heavy atom. The van der Waals surface area contributed by atoms with E-state index < -0.39 is 23.3 Å². The maximum Gasteiger partial charge on any atom is 0.357 e. The van der Waals surface area contributed by atoms with E-state index in [1.54, 1.807) is 6.07 Å². The maximum atomic E-state index is 14.1. The summed E-state index contributed by atoms with van der Waals surface area (Å²) in [6.45, 7) is 0. The highest BCUT2D eigenvalue weighted by atomic mass is 79.9. The van der Waals surface area contributed by atoms with Crippen molar-refractivity contribution in [1.82, 2.24) is 4.57 Å². The van der Waals surface area contributed by atoms with Crippen LogP contribution in [0.4, 0.5) is 10.1 Å². The van der Waals surface area contributed by atoms with Gasteiger partial charge in [0.2, 0.25) is 0 Å². The molecule has 0 aliphatic heterocycles. The van der Waals surface area contributed by atoms with E-state index in [4.69, 9.17) is 11.0 Å². The van der Waals surface area contributed by atoms with Crippen LogP contribution in [0.3, 0.4) is 0 Å². The van der Waals surface area contributed by atoms with Crippen LogP contribution >= 0.6 is 15.9 Å². The number of carbonyl (C=O) groups is 2. The number of ether oxygens (including phenoxy) is 1. The van der Waals surface area contributed by atoms with Gasteiger partial charge in [-0.25, -0.2) is 14.0 Å². The van der Waals surface area contributed by atoms with Gasteiger partial charge in [0.1, 0.15) is 11.6 Å². The number of aromatic carboxylic acids is 1. The third-order valence-electron chi connectivity index (χ3n) is 3.09. The minimum atomic E-state index is -1.54. The van der Waals surface area contributed by atoms with Crippen LogP contribution in [-0.4, -0.2) is 28.7 Å². The lowest BCUT2D eigenvalue weighted by molar-refractivity contribution is 0.0590. The molecule has 23 heavy (non-hydrogen) atoms. The van der Waals surface area contributed by atoms with Crippen LogP contribution < -0.4 is 5.73 Å². The number of carboxylic acids is 1. The molecule has 0 amide bonds. The van der Waals surface area contributed by atoms with Crippen LogP contribution in [0.15, 0.2) is 22.8 Å². The Morgan fingerprint density at radius 1 is 1.48 bits per heavy atom. The summed E-state index contributed by atoms with van der Waals surface area (Å²) in [5.41, 5.74) is 4.39. The van der Waals surface area contributed by atoms with Crippen LogP contribution in [0.25, 0.3) is 5.69 Å². The lowest BCUT2D eigenvalue weighted by atomic mass is 10.1. The standard InChI is InChI=1S/C14H9BrFN3O4/c1-23-14(22)12-11(18)6(4-17)5-19(12)8-3-2-7(15)10(16)9(8)13(20)21/h2-3,5H,18H2,1H3,(H,20,21). The summed E-state index contributed by atoms with van der Waals surface area (Å²) in [7, 11) is 1.10. The molecule has 0 unspecified atom stereocenters. The number of nitrogens with two attached hydrogens (primary N) is 1. The summed E-state index contributed by atoms with van der Waals surface area (Å²) in [5.74, 6) is -3.44. The Morgan fingerprint density at radius 2 is 2.13 bits per heavy atom. The lowest BCUT2D eigenvalue weighted by Gasteiger charge is -2.12. The minimum Gasteiger partial charge on any atom is -0.478 e. The van der Waals surface area contributed by atoms with E-state index in [9.17, 15) is 19.1 Å². The van der Waals surface area contributed by atoms with Gasteiger partial charge in [-0.1, -0.05) is 0 Å². The number of aromatic nitrogens is 1. The van der Waals surface area contributed by atoms with Gasteiger partial charge in [-0.05, 0) is 28.1 Å². The number of esters is 1. The Kier molecular flexibility index (Phi) is 4.38. The van der Waals surface area contributed by atoms with Crippen LogP contribution in [0.1, 0.15) is 26.4 Å². The minimum absolute atomic E-state index is 0.0566. The van der Waals surface area contributed by atoms with Crippen molar-refractivity contribution in [3.8, 4) is 11.8 Å². The molecule has 7 nitrogen and oxygen atoms in total. The highest BCUT2D eigenvalue weighted by Gasteiger charge is 2.26. The van der Waals surface area contributed by atoms with Gasteiger partial charge < -0.3 is 20.1 Å². The summed E-state index contributed by atoms with van der Waals surface area (Å²) in [6.07, 6.45) is 1.15. The molecule has 0 fully saturated rings. The zero-order valence-electron chi connectivity index (χ0n) is 11.6. The van der Waals surface area contributed by atoms with Crippen molar-refractivity contribution in [2.45, 2.75) is 0 Å². The zero-order valence-corrected chi connectivity index (χ0v) is 13.2. The number of carboxylic acid groups (broad SMARTS) is 1. The Bertz CT molecular complexity index is 870. The van der Waals surface area contributed by atoms with Crippen molar-refractivity contribution < 1.29 is 23.8 Å². The van der Waals surface area contributed by atoms with Crippen molar-refractivity contribution in [3.05, 3.63) is 45.4 Å². The number of nitriles is 1. The van der Waals surface area contributed by atoms with Crippen LogP contribution in [0.2, 0.25) is 0 Å². The predicted molar refractivity (Wildman–Crippen MR) is 80.9 cm³/mol. The number of rotatable bonds is 3. The molecule has 0 saturated heterocycles. The largest absolute Gasteiger partial charge is 0.478 e. The van der Waals surface area contributed by atoms with E-state index in [0.717, 1.165) is 17.9 Å². The second kappa shape index (κ2) is 6.10. The van der Waals surface area contributed by atoms with Crippen LogP contribution in [0.5, 0.6) is 0 Å². The number of hydrogen-bond acceptors (Lipinski definition) is 5. The van der Waals surface area contributed by atoms with Gasteiger partial charge in [0.05, 0.1) is 28.5 Å². The maximum absolute atomic E-state index is 14.1. The number of nitrogen functional groups attached to an aromatic ring is 1. The SMILES string of the molecule is COC(=O)c1c(N)c(C#N)cn1-c1ccc(Br)c(F)c1C(=O)O. The van der Waals surface area contributed by atoms with Gasteiger partial charge in [0.15, 0.2) is 11.5 Å². The van der Waals surface area contributed by atoms with Crippen LogP contribution in [-0.2, 0) is 4.74 Å². The first-order valence-corrected chi connectivity index (χ1v) is 6.83. The average Bonchev–Trinajstić information content (AvgIpc) is 2.85. The predicted octanol–water partition coefficient (Wildman–Crippen LogP) is 2.32. The third kappa shape index (κ3) is 2.64. The molecule has 3 N–H and O–H groups in total. The number of halogens is 2. The first kappa shape index (κ1) is 16.5. The summed E-state index contributed by atoms with van der Waals surface area (Å²) >= 11 is 2.90. The fourth-order valence-corrected chi connectivity index (χ4v) is 2.38. The first-order valence-electron chi connectivity index (χ1n) is 6.04. The molecule has 118 valence electrons.